The average Bonchev–Trinajstić information content (AvgIpc) is 2.96. The minimum Gasteiger partial charge on any atom is -0.352 e. The number of rotatable bonds is 11. The number of carbonyl (C=O) groups is 2. The van der Waals surface area contributed by atoms with Crippen molar-refractivity contribution >= 4 is 33.4 Å². The predicted octanol–water partition coefficient (Wildman–Crippen LogP) is 5.36. The second-order valence-corrected chi connectivity index (χ2v) is 13.3. The highest BCUT2D eigenvalue weighted by atomic mass is 35.5. The molecule has 1 N–H and O–H groups in total. The lowest BCUT2D eigenvalue weighted by molar-refractivity contribution is -0.141. The number of nitrogens with one attached hydrogen (secondary N) is 1. The first-order valence-electron chi connectivity index (χ1n) is 14.0. The van der Waals surface area contributed by atoms with Crippen LogP contribution in [0, 0.1) is 6.92 Å². The van der Waals surface area contributed by atoms with Gasteiger partial charge in [-0.1, -0.05) is 91.0 Å². The van der Waals surface area contributed by atoms with E-state index in [0.717, 1.165) is 53.1 Å². The molecule has 0 saturated heterocycles. The van der Waals surface area contributed by atoms with E-state index < -0.39 is 28.5 Å². The lowest BCUT2D eigenvalue weighted by Crippen LogP contribution is -2.54. The van der Waals surface area contributed by atoms with Crippen LogP contribution in [-0.2, 0) is 32.6 Å². The van der Waals surface area contributed by atoms with Gasteiger partial charge < -0.3 is 10.2 Å². The number of halogens is 1. The Morgan fingerprint density at radius 3 is 2.24 bits per heavy atom. The fourth-order valence-electron chi connectivity index (χ4n) is 5.26. The van der Waals surface area contributed by atoms with Crippen LogP contribution < -0.4 is 5.32 Å². The topological polar surface area (TPSA) is 86.8 Å². The minimum absolute atomic E-state index is 0.0401. The highest BCUT2D eigenvalue weighted by Gasteiger charge is 2.34. The maximum absolute atomic E-state index is 14.0. The Labute approximate surface area is 248 Å². The van der Waals surface area contributed by atoms with Crippen molar-refractivity contribution in [3.63, 3.8) is 0 Å². The van der Waals surface area contributed by atoms with Crippen molar-refractivity contribution in [3.05, 3.63) is 101 Å². The summed E-state index contributed by atoms with van der Waals surface area (Å²) in [4.78, 5) is 29.5. The van der Waals surface area contributed by atoms with Crippen LogP contribution in [0.15, 0.2) is 83.8 Å². The van der Waals surface area contributed by atoms with E-state index in [-0.39, 0.29) is 23.4 Å². The third kappa shape index (κ3) is 8.41. The summed E-state index contributed by atoms with van der Waals surface area (Å²) in [6.07, 6.45) is 5.42. The van der Waals surface area contributed by atoms with Gasteiger partial charge in [0.05, 0.1) is 11.4 Å². The Bertz CT molecular complexity index is 1420. The summed E-state index contributed by atoms with van der Waals surface area (Å²) in [6, 6.07) is 22.5. The normalized spacial score (nSPS) is 14.9. The molecule has 1 aliphatic rings. The van der Waals surface area contributed by atoms with E-state index in [4.69, 9.17) is 11.6 Å². The molecule has 9 heteroatoms. The first-order valence-corrected chi connectivity index (χ1v) is 15.9. The number of hydrogen-bond donors (Lipinski definition) is 1. The van der Waals surface area contributed by atoms with E-state index in [1.165, 1.54) is 36.2 Å². The van der Waals surface area contributed by atoms with Crippen LogP contribution >= 0.6 is 11.6 Å². The summed E-state index contributed by atoms with van der Waals surface area (Å²) >= 11 is 5.95. The molecule has 41 heavy (non-hydrogen) atoms. The van der Waals surface area contributed by atoms with Crippen molar-refractivity contribution in [1.29, 1.82) is 0 Å². The van der Waals surface area contributed by atoms with Crippen molar-refractivity contribution in [2.75, 3.05) is 13.6 Å². The molecule has 0 unspecified atom stereocenters. The fourth-order valence-corrected chi connectivity index (χ4v) is 6.50. The lowest BCUT2D eigenvalue weighted by Gasteiger charge is -2.34. The van der Waals surface area contributed by atoms with Crippen LogP contribution in [0.4, 0.5) is 0 Å². The van der Waals surface area contributed by atoms with Crippen molar-refractivity contribution in [2.24, 2.45) is 0 Å². The number of amides is 2. The molecule has 1 saturated carbocycles. The minimum atomic E-state index is -3.96. The molecule has 218 valence electrons. The van der Waals surface area contributed by atoms with Crippen LogP contribution in [0.3, 0.4) is 0 Å². The molecular weight excluding hydrogens is 558 g/mol. The number of carbonyl (C=O) groups excluding carboxylic acids is 2. The maximum Gasteiger partial charge on any atom is 0.243 e. The second-order valence-electron chi connectivity index (χ2n) is 10.8. The van der Waals surface area contributed by atoms with Gasteiger partial charge in [-0.15, -0.1) is 0 Å². The Hall–Kier alpha value is -3.20. The molecule has 0 radical (unpaired) electrons. The Morgan fingerprint density at radius 2 is 1.59 bits per heavy atom. The molecule has 3 aromatic rings. The summed E-state index contributed by atoms with van der Waals surface area (Å²) in [5, 5.41) is 3.63. The number of likely N-dealkylation sites (N-methyl/N-ethyl adjacent to an activating group) is 1. The molecule has 2 amide bonds. The van der Waals surface area contributed by atoms with Gasteiger partial charge >= 0.3 is 0 Å². The molecule has 4 rings (SSSR count). The molecule has 0 aliphatic heterocycles. The van der Waals surface area contributed by atoms with Crippen molar-refractivity contribution in [2.45, 2.75) is 69.0 Å². The van der Waals surface area contributed by atoms with Gasteiger partial charge in [0.15, 0.2) is 0 Å². The summed E-state index contributed by atoms with van der Waals surface area (Å²) in [6.45, 7) is 1.73. The smallest absolute Gasteiger partial charge is 0.243 e. The Morgan fingerprint density at radius 1 is 0.927 bits per heavy atom. The third-order valence-corrected chi connectivity index (χ3v) is 9.61. The van der Waals surface area contributed by atoms with Gasteiger partial charge in [-0.05, 0) is 55.2 Å². The zero-order valence-electron chi connectivity index (χ0n) is 23.6. The molecule has 1 fully saturated rings. The lowest BCUT2D eigenvalue weighted by atomic mass is 9.94. The van der Waals surface area contributed by atoms with Crippen LogP contribution in [0.5, 0.6) is 0 Å². The number of sulfonamides is 1. The molecule has 1 aliphatic carbocycles. The molecule has 0 heterocycles. The molecule has 3 aromatic carbocycles. The van der Waals surface area contributed by atoms with Gasteiger partial charge in [-0.2, -0.15) is 4.31 Å². The van der Waals surface area contributed by atoms with Crippen LogP contribution in [0.1, 0.15) is 48.8 Å². The van der Waals surface area contributed by atoms with E-state index in [1.54, 1.807) is 0 Å². The highest BCUT2D eigenvalue weighted by molar-refractivity contribution is 7.89. The van der Waals surface area contributed by atoms with Crippen LogP contribution in [-0.4, -0.2) is 55.1 Å². The number of aryl methyl sites for hydroxylation is 1. The molecule has 0 aromatic heterocycles. The first-order chi connectivity index (χ1) is 19.6. The number of nitrogens with zero attached hydrogens (tertiary/aromatic N) is 2. The third-order valence-electron chi connectivity index (χ3n) is 7.54. The van der Waals surface area contributed by atoms with E-state index in [2.05, 4.69) is 5.32 Å². The van der Waals surface area contributed by atoms with E-state index >= 15 is 0 Å². The SMILES string of the molecule is Cc1cccc(CN(C(=O)CN(C)S(=O)(=O)c2ccc(Cl)cc2)[C@@H](Cc2ccccc2)C(=O)NC2CCCCC2)c1. The van der Waals surface area contributed by atoms with Crippen molar-refractivity contribution in [1.82, 2.24) is 14.5 Å². The van der Waals surface area contributed by atoms with Gasteiger partial charge in [0.2, 0.25) is 21.8 Å². The quantitative estimate of drug-likeness (QED) is 0.323. The largest absolute Gasteiger partial charge is 0.352 e. The summed E-state index contributed by atoms with van der Waals surface area (Å²) in [7, 11) is -2.59. The second kappa shape index (κ2) is 14.1. The first kappa shape index (κ1) is 30.8. The zero-order chi connectivity index (χ0) is 29.4. The van der Waals surface area contributed by atoms with Gasteiger partial charge in [0.25, 0.3) is 0 Å². The van der Waals surface area contributed by atoms with E-state index in [1.807, 2.05) is 61.5 Å². The predicted molar refractivity (Wildman–Crippen MR) is 162 cm³/mol. The molecule has 7 nitrogen and oxygen atoms in total. The van der Waals surface area contributed by atoms with Crippen molar-refractivity contribution < 1.29 is 18.0 Å². The fraction of sp³-hybridized carbons (Fsp3) is 0.375. The molecular formula is C32H38ClN3O4S. The van der Waals surface area contributed by atoms with Gasteiger partial charge in [-0.25, -0.2) is 8.42 Å². The molecule has 1 atom stereocenters. The monoisotopic (exact) mass is 595 g/mol. The summed E-state index contributed by atoms with van der Waals surface area (Å²) in [5.41, 5.74) is 2.81. The Balaban J connectivity index is 1.66. The van der Waals surface area contributed by atoms with Gasteiger partial charge in [-0.3, -0.25) is 9.59 Å². The van der Waals surface area contributed by atoms with Gasteiger partial charge in [0.1, 0.15) is 6.04 Å². The van der Waals surface area contributed by atoms with Crippen LogP contribution in [0.25, 0.3) is 0 Å². The standard InChI is InChI=1S/C32H38ClN3O4S/c1-24-10-9-13-26(20-24)22-36(31(37)23-35(2)41(39,40)29-18-16-27(33)17-19-29)30(21-25-11-5-3-6-12-25)32(38)34-28-14-7-4-8-15-28/h3,5-6,9-13,16-20,28,30H,4,7-8,14-15,21-23H2,1-2H3,(H,34,38)/t30-/m0/s1. The Kier molecular flexibility index (Phi) is 10.6. The molecule has 0 bridgehead atoms. The summed E-state index contributed by atoms with van der Waals surface area (Å²) in [5.74, 6) is -0.670. The number of hydrogen-bond acceptors (Lipinski definition) is 4. The highest BCUT2D eigenvalue weighted by Crippen LogP contribution is 2.22. The van der Waals surface area contributed by atoms with E-state index in [9.17, 15) is 18.0 Å². The zero-order valence-corrected chi connectivity index (χ0v) is 25.2. The van der Waals surface area contributed by atoms with Crippen molar-refractivity contribution in [3.8, 4) is 0 Å². The maximum atomic E-state index is 14.0. The van der Waals surface area contributed by atoms with E-state index in [0.29, 0.717) is 11.4 Å². The average molecular weight is 596 g/mol. The van der Waals surface area contributed by atoms with Crippen LogP contribution in [0.2, 0.25) is 5.02 Å². The van der Waals surface area contributed by atoms with Gasteiger partial charge in [0, 0.05) is 31.1 Å². The number of benzene rings is 3. The molecule has 0 spiro atoms. The summed E-state index contributed by atoms with van der Waals surface area (Å²) < 4.78 is 27.6.